The maximum absolute atomic E-state index is 13.7. The Morgan fingerprint density at radius 2 is 2.00 bits per heavy atom. The van der Waals surface area contributed by atoms with Gasteiger partial charge in [0.05, 0.1) is 5.56 Å². The number of amides is 1. The average molecular weight is 393 g/mol. The highest BCUT2D eigenvalue weighted by Gasteiger charge is 2.25. The van der Waals surface area contributed by atoms with E-state index in [0.717, 1.165) is 19.3 Å². The Labute approximate surface area is 129 Å². The van der Waals surface area contributed by atoms with Gasteiger partial charge in [0.15, 0.2) is 0 Å². The van der Waals surface area contributed by atoms with Crippen LogP contribution in [0.25, 0.3) is 0 Å². The van der Waals surface area contributed by atoms with Crippen LogP contribution in [0.2, 0.25) is 0 Å². The van der Waals surface area contributed by atoms with E-state index in [4.69, 9.17) is 0 Å². The summed E-state index contributed by atoms with van der Waals surface area (Å²) in [5, 5.41) is 2.95. The van der Waals surface area contributed by atoms with Gasteiger partial charge in [-0.05, 0) is 40.9 Å². The largest absolute Gasteiger partial charge is 0.348 e. The molecule has 2 nitrogen and oxygen atoms in total. The third-order valence-electron chi connectivity index (χ3n) is 3.44. The molecule has 1 saturated carbocycles. The highest BCUT2D eigenvalue weighted by atomic mass is 79.9. The van der Waals surface area contributed by atoms with Crippen molar-refractivity contribution in [2.24, 2.45) is 0 Å². The van der Waals surface area contributed by atoms with E-state index >= 15 is 0 Å². The predicted molar refractivity (Wildman–Crippen MR) is 81.2 cm³/mol. The fourth-order valence-corrected chi connectivity index (χ4v) is 3.62. The molecule has 0 bridgehead atoms. The van der Waals surface area contributed by atoms with Gasteiger partial charge in [-0.3, -0.25) is 4.79 Å². The lowest BCUT2D eigenvalue weighted by Crippen LogP contribution is -2.40. The standard InChI is InChI=1S/C14H16Br2FNO/c15-9-5-2-1-3-8-12(9)18-14(19)13-10(16)6-4-7-11(13)17/h4,6-7,9,12H,1-3,5,8H2,(H,18,19). The van der Waals surface area contributed by atoms with Crippen molar-refractivity contribution in [3.05, 3.63) is 34.1 Å². The number of carbonyl (C=O) groups excluding carboxylic acids is 1. The molecule has 0 spiro atoms. The molecule has 1 fully saturated rings. The van der Waals surface area contributed by atoms with Crippen LogP contribution in [-0.2, 0) is 0 Å². The third-order valence-corrected chi connectivity index (χ3v) is 5.19. The molecule has 1 aliphatic rings. The van der Waals surface area contributed by atoms with Crippen LogP contribution in [0.4, 0.5) is 4.39 Å². The number of hydrogen-bond acceptors (Lipinski definition) is 1. The van der Waals surface area contributed by atoms with Crippen molar-refractivity contribution in [3.63, 3.8) is 0 Å². The molecule has 2 unspecified atom stereocenters. The zero-order chi connectivity index (χ0) is 13.8. The summed E-state index contributed by atoms with van der Waals surface area (Å²) in [6, 6.07) is 4.63. The summed E-state index contributed by atoms with van der Waals surface area (Å²) in [5.41, 5.74) is 0.0893. The summed E-state index contributed by atoms with van der Waals surface area (Å²) in [7, 11) is 0. The van der Waals surface area contributed by atoms with Gasteiger partial charge in [-0.1, -0.05) is 41.3 Å². The first-order valence-electron chi connectivity index (χ1n) is 6.48. The van der Waals surface area contributed by atoms with Crippen molar-refractivity contribution in [2.45, 2.75) is 43.0 Å². The molecule has 1 N–H and O–H groups in total. The van der Waals surface area contributed by atoms with Crippen molar-refractivity contribution in [1.82, 2.24) is 5.32 Å². The van der Waals surface area contributed by atoms with Gasteiger partial charge in [-0.15, -0.1) is 0 Å². The van der Waals surface area contributed by atoms with Crippen LogP contribution in [0.5, 0.6) is 0 Å². The summed E-state index contributed by atoms with van der Waals surface area (Å²) < 4.78 is 14.2. The van der Waals surface area contributed by atoms with E-state index in [1.54, 1.807) is 12.1 Å². The lowest BCUT2D eigenvalue weighted by atomic mass is 10.1. The Morgan fingerprint density at radius 1 is 1.26 bits per heavy atom. The summed E-state index contributed by atoms with van der Waals surface area (Å²) in [5.74, 6) is -0.840. The van der Waals surface area contributed by atoms with E-state index in [2.05, 4.69) is 37.2 Å². The molecule has 0 radical (unpaired) electrons. The molecular formula is C14H16Br2FNO. The molecular weight excluding hydrogens is 377 g/mol. The number of rotatable bonds is 2. The molecule has 1 aromatic carbocycles. The van der Waals surface area contributed by atoms with E-state index in [9.17, 15) is 9.18 Å². The third kappa shape index (κ3) is 3.78. The average Bonchev–Trinajstić information content (AvgIpc) is 2.55. The quantitative estimate of drug-likeness (QED) is 0.586. The van der Waals surface area contributed by atoms with Crippen molar-refractivity contribution < 1.29 is 9.18 Å². The van der Waals surface area contributed by atoms with Gasteiger partial charge in [0.25, 0.3) is 5.91 Å². The van der Waals surface area contributed by atoms with E-state index in [1.807, 2.05) is 0 Å². The van der Waals surface area contributed by atoms with Crippen LogP contribution >= 0.6 is 31.9 Å². The van der Waals surface area contributed by atoms with Gasteiger partial charge in [0.2, 0.25) is 0 Å². The second-order valence-corrected chi connectivity index (χ2v) is 6.86. The fourth-order valence-electron chi connectivity index (χ4n) is 2.38. The molecule has 1 aliphatic carbocycles. The van der Waals surface area contributed by atoms with Crippen molar-refractivity contribution >= 4 is 37.8 Å². The summed E-state index contributed by atoms with van der Waals surface area (Å²) >= 11 is 6.85. The van der Waals surface area contributed by atoms with Gasteiger partial charge in [0, 0.05) is 15.3 Å². The minimum absolute atomic E-state index is 0.0708. The second-order valence-electron chi connectivity index (χ2n) is 4.83. The SMILES string of the molecule is O=C(NC1CCCCCC1Br)c1c(F)cccc1Br. The van der Waals surface area contributed by atoms with Crippen LogP contribution in [0.1, 0.15) is 42.5 Å². The van der Waals surface area contributed by atoms with Crippen molar-refractivity contribution in [2.75, 3.05) is 0 Å². The van der Waals surface area contributed by atoms with E-state index in [-0.39, 0.29) is 22.3 Å². The molecule has 2 atom stereocenters. The van der Waals surface area contributed by atoms with E-state index in [0.29, 0.717) is 4.47 Å². The Hall–Kier alpha value is -0.420. The van der Waals surface area contributed by atoms with Gasteiger partial charge >= 0.3 is 0 Å². The van der Waals surface area contributed by atoms with Crippen LogP contribution in [-0.4, -0.2) is 16.8 Å². The van der Waals surface area contributed by atoms with Crippen LogP contribution in [0, 0.1) is 5.82 Å². The first-order valence-corrected chi connectivity index (χ1v) is 8.19. The molecule has 1 amide bonds. The summed E-state index contributed by atoms with van der Waals surface area (Å²) in [6.45, 7) is 0. The first kappa shape index (κ1) is 15.0. The number of carbonyl (C=O) groups is 1. The molecule has 0 aromatic heterocycles. The Morgan fingerprint density at radius 3 is 2.74 bits per heavy atom. The molecule has 0 aliphatic heterocycles. The molecule has 0 saturated heterocycles. The number of benzene rings is 1. The maximum atomic E-state index is 13.7. The highest BCUT2D eigenvalue weighted by molar-refractivity contribution is 9.10. The molecule has 2 rings (SSSR count). The monoisotopic (exact) mass is 391 g/mol. The summed E-state index contributed by atoms with van der Waals surface area (Å²) in [4.78, 5) is 12.5. The summed E-state index contributed by atoms with van der Waals surface area (Å²) in [6.07, 6.45) is 5.45. The number of halogens is 3. The van der Waals surface area contributed by atoms with Crippen LogP contribution < -0.4 is 5.32 Å². The topological polar surface area (TPSA) is 29.1 Å². The van der Waals surface area contributed by atoms with E-state index < -0.39 is 5.82 Å². The minimum Gasteiger partial charge on any atom is -0.348 e. The Bertz CT molecular complexity index is 447. The number of alkyl halides is 1. The normalized spacial score (nSPS) is 23.7. The van der Waals surface area contributed by atoms with Gasteiger partial charge in [0.1, 0.15) is 5.82 Å². The lowest BCUT2D eigenvalue weighted by Gasteiger charge is -2.21. The van der Waals surface area contributed by atoms with Crippen molar-refractivity contribution in [3.8, 4) is 0 Å². The molecule has 0 heterocycles. The fraction of sp³-hybridized carbons (Fsp3) is 0.500. The van der Waals surface area contributed by atoms with Gasteiger partial charge < -0.3 is 5.32 Å². The molecule has 1 aromatic rings. The molecule has 104 valence electrons. The highest BCUT2D eigenvalue weighted by Crippen LogP contribution is 2.25. The number of nitrogens with one attached hydrogen (secondary N) is 1. The van der Waals surface area contributed by atoms with E-state index in [1.165, 1.54) is 18.9 Å². The van der Waals surface area contributed by atoms with Crippen molar-refractivity contribution in [1.29, 1.82) is 0 Å². The van der Waals surface area contributed by atoms with Crippen LogP contribution in [0.15, 0.2) is 22.7 Å². The smallest absolute Gasteiger partial charge is 0.255 e. The van der Waals surface area contributed by atoms with Gasteiger partial charge in [-0.2, -0.15) is 0 Å². The molecule has 5 heteroatoms. The second kappa shape index (κ2) is 6.84. The number of hydrogen-bond donors (Lipinski definition) is 1. The van der Waals surface area contributed by atoms with Crippen LogP contribution in [0.3, 0.4) is 0 Å². The predicted octanol–water partition coefficient (Wildman–Crippen LogP) is 4.41. The zero-order valence-corrected chi connectivity index (χ0v) is 13.6. The zero-order valence-electron chi connectivity index (χ0n) is 10.5. The first-order chi connectivity index (χ1) is 9.09. The Balaban J connectivity index is 2.12. The Kier molecular flexibility index (Phi) is 5.39. The lowest BCUT2D eigenvalue weighted by molar-refractivity contribution is 0.0930. The minimum atomic E-state index is -0.494. The molecule has 19 heavy (non-hydrogen) atoms. The maximum Gasteiger partial charge on any atom is 0.255 e. The van der Waals surface area contributed by atoms with Gasteiger partial charge in [-0.25, -0.2) is 4.39 Å².